The number of phenols is 1. The van der Waals surface area contributed by atoms with Crippen molar-refractivity contribution in [1.29, 1.82) is 0 Å². The fourth-order valence-electron chi connectivity index (χ4n) is 3.93. The smallest absolute Gasteiger partial charge is 0.229 e. The van der Waals surface area contributed by atoms with Gasteiger partial charge in [0.1, 0.15) is 5.75 Å². The van der Waals surface area contributed by atoms with Crippen LogP contribution >= 0.6 is 23.2 Å². The second-order valence-electron chi connectivity index (χ2n) is 9.23. The highest BCUT2D eigenvalue weighted by Gasteiger charge is 2.14. The summed E-state index contributed by atoms with van der Waals surface area (Å²) in [5, 5.41) is 27.6. The van der Waals surface area contributed by atoms with Crippen LogP contribution in [0.15, 0.2) is 60.7 Å². The third kappa shape index (κ3) is 9.81. The van der Waals surface area contributed by atoms with Gasteiger partial charge in [-0.05, 0) is 65.9 Å². The number of carbonyl (C=O) groups excluding carboxylic acids is 1. The molecule has 3 aromatic rings. The molecule has 204 valence electrons. The van der Waals surface area contributed by atoms with Crippen LogP contribution in [-0.2, 0) is 34.2 Å². The zero-order valence-electron chi connectivity index (χ0n) is 21.0. The van der Waals surface area contributed by atoms with Gasteiger partial charge in [-0.25, -0.2) is 8.42 Å². The molecule has 38 heavy (non-hydrogen) atoms. The van der Waals surface area contributed by atoms with E-state index in [0.29, 0.717) is 28.6 Å². The Labute approximate surface area is 233 Å². The van der Waals surface area contributed by atoms with Crippen molar-refractivity contribution in [1.82, 2.24) is 10.6 Å². The molecule has 11 heteroatoms. The highest BCUT2D eigenvalue weighted by molar-refractivity contribution is 7.92. The van der Waals surface area contributed by atoms with E-state index in [4.69, 9.17) is 23.2 Å². The molecule has 3 rings (SSSR count). The van der Waals surface area contributed by atoms with Crippen LogP contribution in [0.5, 0.6) is 5.75 Å². The minimum absolute atomic E-state index is 0.00651. The van der Waals surface area contributed by atoms with Gasteiger partial charge in [-0.15, -0.1) is 0 Å². The Balaban J connectivity index is 1.50. The van der Waals surface area contributed by atoms with Gasteiger partial charge in [0, 0.05) is 29.2 Å². The van der Waals surface area contributed by atoms with Gasteiger partial charge in [0.15, 0.2) is 0 Å². The molecule has 0 aliphatic heterocycles. The molecule has 0 heterocycles. The number of carbonyl (C=O) groups is 1. The standard InChI is InChI=1S/C27H31Cl2N3O5S/c1-17(30-16-26(34)21-6-7-25(33)24(13-21)32-38(2,36)37)8-18-4-3-5-19(9-18)12-27(35)31-15-20-10-22(28)14-23(29)11-20/h3-7,9-11,13-14,17,26,30,32-34H,8,12,15-16H2,1-2H3,(H,31,35)/t17-,26+/m1/s1. The van der Waals surface area contributed by atoms with Crippen LogP contribution < -0.4 is 15.4 Å². The van der Waals surface area contributed by atoms with Gasteiger partial charge in [0.05, 0.1) is 24.5 Å². The highest BCUT2D eigenvalue weighted by Crippen LogP contribution is 2.28. The van der Waals surface area contributed by atoms with Crippen molar-refractivity contribution in [2.45, 2.75) is 38.5 Å². The van der Waals surface area contributed by atoms with Crippen LogP contribution in [0.25, 0.3) is 0 Å². The first-order chi connectivity index (χ1) is 17.9. The van der Waals surface area contributed by atoms with Crippen LogP contribution in [0.1, 0.15) is 35.3 Å². The minimum Gasteiger partial charge on any atom is -0.506 e. The summed E-state index contributed by atoms with van der Waals surface area (Å²) in [5.74, 6) is -0.346. The Hall–Kier alpha value is -2.82. The lowest BCUT2D eigenvalue weighted by Gasteiger charge is -2.19. The van der Waals surface area contributed by atoms with Crippen LogP contribution in [-0.4, -0.2) is 43.4 Å². The number of benzene rings is 3. The molecule has 8 nitrogen and oxygen atoms in total. The zero-order valence-corrected chi connectivity index (χ0v) is 23.4. The average Bonchev–Trinajstić information content (AvgIpc) is 2.81. The van der Waals surface area contributed by atoms with Gasteiger partial charge >= 0.3 is 0 Å². The number of sulfonamides is 1. The van der Waals surface area contributed by atoms with Crippen molar-refractivity contribution in [3.8, 4) is 5.75 Å². The van der Waals surface area contributed by atoms with E-state index in [2.05, 4.69) is 15.4 Å². The Morgan fingerprint density at radius 2 is 1.66 bits per heavy atom. The molecule has 3 aromatic carbocycles. The van der Waals surface area contributed by atoms with Gasteiger partial charge in [-0.2, -0.15) is 0 Å². The molecule has 0 bridgehead atoms. The number of nitrogens with one attached hydrogen (secondary N) is 3. The van der Waals surface area contributed by atoms with E-state index >= 15 is 0 Å². The fourth-order valence-corrected chi connectivity index (χ4v) is 5.06. The predicted molar refractivity (Wildman–Crippen MR) is 151 cm³/mol. The van der Waals surface area contributed by atoms with Gasteiger partial charge in [0.25, 0.3) is 0 Å². The van der Waals surface area contributed by atoms with Crippen molar-refractivity contribution in [2.75, 3.05) is 17.5 Å². The van der Waals surface area contributed by atoms with Crippen molar-refractivity contribution < 1.29 is 23.4 Å². The summed E-state index contributed by atoms with van der Waals surface area (Å²) in [4.78, 5) is 12.5. The Morgan fingerprint density at radius 1 is 0.974 bits per heavy atom. The maximum Gasteiger partial charge on any atom is 0.229 e. The molecule has 0 radical (unpaired) electrons. The first kappa shape index (κ1) is 29.7. The van der Waals surface area contributed by atoms with Crippen molar-refractivity contribution in [3.63, 3.8) is 0 Å². The van der Waals surface area contributed by atoms with E-state index in [0.717, 1.165) is 22.9 Å². The first-order valence-corrected chi connectivity index (χ1v) is 14.5. The monoisotopic (exact) mass is 579 g/mol. The number of halogens is 2. The second kappa shape index (κ2) is 13.3. The molecule has 2 atom stereocenters. The van der Waals surface area contributed by atoms with Crippen molar-refractivity contribution in [3.05, 3.63) is 93.0 Å². The maximum absolute atomic E-state index is 12.5. The molecule has 0 aliphatic carbocycles. The quantitative estimate of drug-likeness (QED) is 0.205. The minimum atomic E-state index is -3.58. The number of rotatable bonds is 12. The van der Waals surface area contributed by atoms with Gasteiger partial charge < -0.3 is 20.8 Å². The Bertz CT molecular complexity index is 1360. The van der Waals surface area contributed by atoms with Crippen LogP contribution in [0.2, 0.25) is 10.0 Å². The van der Waals surface area contributed by atoms with Gasteiger partial charge in [-0.3, -0.25) is 9.52 Å². The second-order valence-corrected chi connectivity index (χ2v) is 11.9. The number of aliphatic hydroxyl groups is 1. The molecule has 5 N–H and O–H groups in total. The van der Waals surface area contributed by atoms with Gasteiger partial charge in [-0.1, -0.05) is 53.5 Å². The molecule has 0 saturated heterocycles. The number of hydrogen-bond acceptors (Lipinski definition) is 6. The van der Waals surface area contributed by atoms with Crippen molar-refractivity contribution >= 4 is 44.8 Å². The largest absolute Gasteiger partial charge is 0.506 e. The van der Waals surface area contributed by atoms with E-state index in [1.807, 2.05) is 31.2 Å². The summed E-state index contributed by atoms with van der Waals surface area (Å²) in [6, 6.07) is 17.2. The van der Waals surface area contributed by atoms with E-state index in [1.165, 1.54) is 18.2 Å². The van der Waals surface area contributed by atoms with Crippen LogP contribution in [0, 0.1) is 0 Å². The normalized spacial score (nSPS) is 13.1. The zero-order chi connectivity index (χ0) is 27.9. The lowest BCUT2D eigenvalue weighted by molar-refractivity contribution is -0.120. The maximum atomic E-state index is 12.5. The summed E-state index contributed by atoms with van der Waals surface area (Å²) in [7, 11) is -3.58. The molecule has 0 unspecified atom stereocenters. The average molecular weight is 581 g/mol. The number of anilines is 1. The molecule has 0 saturated carbocycles. The van der Waals surface area contributed by atoms with E-state index in [9.17, 15) is 23.4 Å². The van der Waals surface area contributed by atoms with E-state index in [1.54, 1.807) is 18.2 Å². The van der Waals surface area contributed by atoms with Crippen LogP contribution in [0.3, 0.4) is 0 Å². The number of aliphatic hydroxyl groups excluding tert-OH is 1. The van der Waals surface area contributed by atoms with E-state index in [-0.39, 0.29) is 36.4 Å². The number of aromatic hydroxyl groups is 1. The highest BCUT2D eigenvalue weighted by atomic mass is 35.5. The SMILES string of the molecule is C[C@H](Cc1cccc(CC(=O)NCc2cc(Cl)cc(Cl)c2)c1)NC[C@H](O)c1ccc(O)c(NS(C)(=O)=O)c1. The molecule has 0 aromatic heterocycles. The van der Waals surface area contributed by atoms with Crippen LogP contribution in [0.4, 0.5) is 5.69 Å². The lowest BCUT2D eigenvalue weighted by atomic mass is 10.0. The van der Waals surface area contributed by atoms with Gasteiger partial charge in [0.2, 0.25) is 15.9 Å². The number of phenolic OH excluding ortho intramolecular Hbond substituents is 1. The van der Waals surface area contributed by atoms with E-state index < -0.39 is 16.1 Å². The Morgan fingerprint density at radius 3 is 2.34 bits per heavy atom. The third-order valence-corrected chi connectivity index (χ3v) is 6.70. The summed E-state index contributed by atoms with van der Waals surface area (Å²) >= 11 is 12.0. The first-order valence-electron chi connectivity index (χ1n) is 11.9. The van der Waals surface area contributed by atoms with Crippen molar-refractivity contribution in [2.24, 2.45) is 0 Å². The fraction of sp³-hybridized carbons (Fsp3) is 0.296. The topological polar surface area (TPSA) is 128 Å². The lowest BCUT2D eigenvalue weighted by Crippen LogP contribution is -2.32. The summed E-state index contributed by atoms with van der Waals surface area (Å²) in [6.07, 6.45) is 0.965. The molecular weight excluding hydrogens is 549 g/mol. The summed E-state index contributed by atoms with van der Waals surface area (Å²) in [6.45, 7) is 2.53. The molecule has 0 fully saturated rings. The number of amides is 1. The molecular formula is C27H31Cl2N3O5S. The Kier molecular flexibility index (Phi) is 10.4. The summed E-state index contributed by atoms with van der Waals surface area (Å²) < 4.78 is 25.2. The third-order valence-electron chi connectivity index (χ3n) is 5.67. The molecule has 0 aliphatic rings. The predicted octanol–water partition coefficient (Wildman–Crippen LogP) is 4.18. The molecule has 0 spiro atoms. The summed E-state index contributed by atoms with van der Waals surface area (Å²) in [5.41, 5.74) is 3.21. The molecule has 1 amide bonds. The number of hydrogen-bond donors (Lipinski definition) is 5.